The van der Waals surface area contributed by atoms with Gasteiger partial charge in [-0.25, -0.2) is 8.78 Å². The maximum Gasteiger partial charge on any atom is 0.273 e. The topological polar surface area (TPSA) is 182 Å². The highest BCUT2D eigenvalue weighted by molar-refractivity contribution is 6.04. The van der Waals surface area contributed by atoms with E-state index in [2.05, 4.69) is 40.9 Å². The Morgan fingerprint density at radius 1 is 0.833 bits per heavy atom. The molecule has 1 unspecified atom stereocenters. The summed E-state index contributed by atoms with van der Waals surface area (Å²) in [5.41, 5.74) is 6.90. The van der Waals surface area contributed by atoms with Gasteiger partial charge in [0.1, 0.15) is 17.7 Å². The molecule has 0 saturated carbocycles. The molecule has 4 fully saturated rings. The van der Waals surface area contributed by atoms with E-state index in [1.807, 2.05) is 9.80 Å². The lowest BCUT2D eigenvalue weighted by atomic mass is 9.95. The highest BCUT2D eigenvalue weighted by Gasteiger charge is 2.30. The molecule has 15 nitrogen and oxygen atoms in total. The Balaban J connectivity index is 0.878. The van der Waals surface area contributed by atoms with E-state index < -0.39 is 29.6 Å². The van der Waals surface area contributed by atoms with E-state index in [1.165, 1.54) is 18.2 Å². The molecule has 4 aliphatic heterocycles. The van der Waals surface area contributed by atoms with Gasteiger partial charge >= 0.3 is 0 Å². The van der Waals surface area contributed by atoms with E-state index in [0.717, 1.165) is 77.9 Å². The molecule has 7 rings (SSSR count). The number of piperidine rings is 3. The van der Waals surface area contributed by atoms with Gasteiger partial charge in [-0.05, 0) is 80.8 Å². The van der Waals surface area contributed by atoms with Crippen LogP contribution in [0.1, 0.15) is 65.8 Å². The molecule has 17 heteroatoms. The Morgan fingerprint density at radius 2 is 1.59 bits per heavy atom. The molecule has 54 heavy (non-hydrogen) atoms. The number of halogens is 2. The Morgan fingerprint density at radius 3 is 2.28 bits per heavy atom. The molecule has 0 bridgehead atoms. The number of benzene rings is 2. The van der Waals surface area contributed by atoms with E-state index in [9.17, 15) is 19.2 Å². The number of carbonyl (C=O) groups is 4. The fraction of sp³-hybridized carbons (Fsp3) is 0.486. The minimum absolute atomic E-state index is 0.110. The lowest BCUT2D eigenvalue weighted by Crippen LogP contribution is -2.52. The van der Waals surface area contributed by atoms with Crippen LogP contribution >= 0.6 is 0 Å². The zero-order valence-electron chi connectivity index (χ0n) is 30.0. The number of primary amides is 1. The first-order chi connectivity index (χ1) is 26.1. The minimum Gasteiger partial charge on any atom is -0.371 e. The number of aromatic nitrogens is 3. The van der Waals surface area contributed by atoms with Gasteiger partial charge in [0.15, 0.2) is 11.5 Å². The maximum absolute atomic E-state index is 15.5. The summed E-state index contributed by atoms with van der Waals surface area (Å²) in [4.78, 5) is 61.2. The number of nitrogens with one attached hydrogen (secondary N) is 3. The fourth-order valence-electron chi connectivity index (χ4n) is 7.64. The van der Waals surface area contributed by atoms with E-state index in [1.54, 1.807) is 18.2 Å². The van der Waals surface area contributed by atoms with Crippen molar-refractivity contribution in [3.8, 4) is 0 Å². The molecule has 1 atom stereocenters. The van der Waals surface area contributed by atoms with Gasteiger partial charge in [-0.15, -0.1) is 10.2 Å². The van der Waals surface area contributed by atoms with Gasteiger partial charge in [0.05, 0.1) is 11.3 Å². The van der Waals surface area contributed by atoms with E-state index in [-0.39, 0.29) is 41.6 Å². The summed E-state index contributed by atoms with van der Waals surface area (Å²) in [6, 6.07) is 8.51. The zero-order valence-corrected chi connectivity index (χ0v) is 30.0. The van der Waals surface area contributed by atoms with Crippen molar-refractivity contribution in [1.29, 1.82) is 0 Å². The van der Waals surface area contributed by atoms with Crippen LogP contribution in [0.4, 0.5) is 37.6 Å². The average Bonchev–Trinajstić information content (AvgIpc) is 3.17. The number of rotatable bonds is 10. The van der Waals surface area contributed by atoms with Crippen LogP contribution in [0, 0.1) is 17.6 Å². The number of nitrogens with two attached hydrogens (primary N) is 1. The quantitative estimate of drug-likeness (QED) is 0.223. The van der Waals surface area contributed by atoms with Crippen LogP contribution in [0.15, 0.2) is 36.4 Å². The minimum atomic E-state index is -0.875. The van der Waals surface area contributed by atoms with Gasteiger partial charge in [0.2, 0.25) is 17.8 Å². The standard InChI is InChI=1S/C37H45F2N11O4/c38-27-21-25(5-6-26(27)35(53)42-29-7-9-31(51)43-36(29)54)48-14-10-23(11-15-48)22-47-16-18-49(19-17-47)30-8-4-24(20-28(30)39)41-34-32(33(40)52)45-46-37(44-34)50-12-2-1-3-13-50/h4-6,8,20-21,23,29H,1-3,7,9-19,22H2,(H2,40,52)(H,42,53)(H,41,44,46)(H,43,51,54). The normalized spacial score (nSPS) is 20.1. The van der Waals surface area contributed by atoms with Crippen LogP contribution in [0.2, 0.25) is 0 Å². The lowest BCUT2D eigenvalue weighted by Gasteiger charge is -2.40. The molecule has 0 radical (unpaired) electrons. The fourth-order valence-corrected chi connectivity index (χ4v) is 7.64. The van der Waals surface area contributed by atoms with Crippen molar-refractivity contribution < 1.29 is 28.0 Å². The molecule has 4 amide bonds. The molecule has 2 aromatic carbocycles. The number of hydrogen-bond acceptors (Lipinski definition) is 12. The predicted octanol–water partition coefficient (Wildman–Crippen LogP) is 2.56. The van der Waals surface area contributed by atoms with E-state index in [4.69, 9.17) is 5.73 Å². The summed E-state index contributed by atoms with van der Waals surface area (Å²) in [6.45, 7) is 6.96. The molecule has 5 N–H and O–H groups in total. The van der Waals surface area contributed by atoms with Gasteiger partial charge < -0.3 is 31.1 Å². The second kappa shape index (κ2) is 16.3. The average molecular weight is 746 g/mol. The largest absolute Gasteiger partial charge is 0.371 e. The third-order valence-corrected chi connectivity index (χ3v) is 10.7. The van der Waals surface area contributed by atoms with Crippen molar-refractivity contribution in [2.45, 2.75) is 51.0 Å². The second-order valence-electron chi connectivity index (χ2n) is 14.4. The number of imide groups is 1. The number of anilines is 5. The van der Waals surface area contributed by atoms with Crippen LogP contribution in [-0.2, 0) is 9.59 Å². The Hall–Kier alpha value is -5.45. The second-order valence-corrected chi connectivity index (χ2v) is 14.4. The van der Waals surface area contributed by atoms with Crippen LogP contribution in [-0.4, -0.2) is 109 Å². The molecule has 3 aromatic rings. The van der Waals surface area contributed by atoms with E-state index in [0.29, 0.717) is 42.0 Å². The first kappa shape index (κ1) is 36.9. The first-order valence-corrected chi connectivity index (χ1v) is 18.6. The Labute approximate surface area is 311 Å². The first-order valence-electron chi connectivity index (χ1n) is 18.6. The summed E-state index contributed by atoms with van der Waals surface area (Å²) in [6.07, 6.45) is 5.34. The SMILES string of the molecule is NC(=O)c1nnc(N2CCCCC2)nc1Nc1ccc(N2CCN(CC3CCN(c4ccc(C(=O)NC5CCC(=O)NC5=O)c(F)c4)CC3)CC2)c(F)c1. The van der Waals surface area contributed by atoms with Gasteiger partial charge in [-0.3, -0.25) is 29.4 Å². The van der Waals surface area contributed by atoms with Gasteiger partial charge in [-0.2, -0.15) is 4.98 Å². The molecule has 286 valence electrons. The van der Waals surface area contributed by atoms with Gasteiger partial charge in [-0.1, -0.05) is 0 Å². The molecule has 1 aromatic heterocycles. The third-order valence-electron chi connectivity index (χ3n) is 10.7. The van der Waals surface area contributed by atoms with Crippen molar-refractivity contribution >= 4 is 52.5 Å². The summed E-state index contributed by atoms with van der Waals surface area (Å²) >= 11 is 0. The highest BCUT2D eigenvalue weighted by Crippen LogP contribution is 2.29. The number of hydrogen-bond donors (Lipinski definition) is 4. The van der Waals surface area contributed by atoms with Crippen molar-refractivity contribution in [2.75, 3.05) is 78.9 Å². The molecule has 4 aliphatic rings. The third kappa shape index (κ3) is 8.51. The monoisotopic (exact) mass is 745 g/mol. The van der Waals surface area contributed by atoms with Crippen molar-refractivity contribution in [3.63, 3.8) is 0 Å². The lowest BCUT2D eigenvalue weighted by molar-refractivity contribution is -0.134. The van der Waals surface area contributed by atoms with Crippen LogP contribution in [0.25, 0.3) is 0 Å². The number of piperazine rings is 1. The Kier molecular flexibility index (Phi) is 11.1. The Bertz CT molecular complexity index is 1890. The highest BCUT2D eigenvalue weighted by atomic mass is 19.1. The maximum atomic E-state index is 15.5. The summed E-state index contributed by atoms with van der Waals surface area (Å²) in [5.74, 6) is -2.48. The van der Waals surface area contributed by atoms with Crippen LogP contribution in [0.5, 0.6) is 0 Å². The number of carbonyl (C=O) groups excluding carboxylic acids is 4. The molecule has 4 saturated heterocycles. The van der Waals surface area contributed by atoms with Gasteiger partial charge in [0, 0.05) is 76.7 Å². The molecule has 0 aliphatic carbocycles. The number of amides is 4. The molecule has 0 spiro atoms. The van der Waals surface area contributed by atoms with Crippen LogP contribution in [0.3, 0.4) is 0 Å². The van der Waals surface area contributed by atoms with Gasteiger partial charge in [0.25, 0.3) is 11.8 Å². The van der Waals surface area contributed by atoms with Crippen molar-refractivity contribution in [2.24, 2.45) is 11.7 Å². The summed E-state index contributed by atoms with van der Waals surface area (Å²) in [5, 5.41) is 15.9. The summed E-state index contributed by atoms with van der Waals surface area (Å²) < 4.78 is 30.6. The number of nitrogens with zero attached hydrogens (tertiary/aromatic N) is 7. The van der Waals surface area contributed by atoms with Crippen molar-refractivity contribution in [1.82, 2.24) is 30.7 Å². The molecular weight excluding hydrogens is 700 g/mol. The van der Waals surface area contributed by atoms with E-state index >= 15 is 8.78 Å². The molecular formula is C37H45F2N11O4. The predicted molar refractivity (Wildman–Crippen MR) is 198 cm³/mol. The van der Waals surface area contributed by atoms with Crippen molar-refractivity contribution in [3.05, 3.63) is 59.3 Å². The summed E-state index contributed by atoms with van der Waals surface area (Å²) in [7, 11) is 0. The smallest absolute Gasteiger partial charge is 0.273 e. The zero-order chi connectivity index (χ0) is 37.8. The molecule has 5 heterocycles. The van der Waals surface area contributed by atoms with Crippen LogP contribution < -0.4 is 36.4 Å².